The molecule has 2 aromatic rings. The zero-order valence-corrected chi connectivity index (χ0v) is 10.3. The fourth-order valence-corrected chi connectivity index (χ4v) is 1.68. The zero-order chi connectivity index (χ0) is 12.1. The van der Waals surface area contributed by atoms with Gasteiger partial charge in [0, 0.05) is 37.1 Å². The van der Waals surface area contributed by atoms with Crippen molar-refractivity contribution in [1.29, 1.82) is 0 Å². The van der Waals surface area contributed by atoms with Crippen LogP contribution in [0.3, 0.4) is 0 Å². The lowest BCUT2D eigenvalue weighted by molar-refractivity contribution is 0.561. The molecule has 0 saturated carbocycles. The lowest BCUT2D eigenvalue weighted by atomic mass is 10.2. The van der Waals surface area contributed by atoms with E-state index in [1.54, 1.807) is 0 Å². The molecular formula is C13H18N4. The summed E-state index contributed by atoms with van der Waals surface area (Å²) in [7, 11) is 0. The number of nitrogens with one attached hydrogen (secondary N) is 1. The molecule has 4 nitrogen and oxygen atoms in total. The van der Waals surface area contributed by atoms with Gasteiger partial charge in [-0.3, -0.25) is 9.67 Å². The lowest BCUT2D eigenvalue weighted by Gasteiger charge is -2.11. The van der Waals surface area contributed by atoms with E-state index in [1.165, 1.54) is 5.56 Å². The molecule has 0 spiro atoms. The molecule has 0 saturated heterocycles. The Morgan fingerprint density at radius 2 is 2.29 bits per heavy atom. The van der Waals surface area contributed by atoms with Crippen LogP contribution in [0, 0.1) is 0 Å². The van der Waals surface area contributed by atoms with Crippen LogP contribution in [0.4, 0.5) is 0 Å². The standard InChI is InChI=1S/C13H18N4/c1-3-17-10-12(9-16-17)8-15-11(2)13-6-4-5-7-14-13/h4-7,9-11,15H,3,8H2,1-2H3. The van der Waals surface area contributed by atoms with Gasteiger partial charge in [0.05, 0.1) is 11.9 Å². The summed E-state index contributed by atoms with van der Waals surface area (Å²) in [5.41, 5.74) is 2.27. The van der Waals surface area contributed by atoms with Crippen LogP contribution in [0.2, 0.25) is 0 Å². The molecule has 0 aliphatic rings. The Labute approximate surface area is 102 Å². The highest BCUT2D eigenvalue weighted by molar-refractivity contribution is 5.09. The molecule has 0 amide bonds. The Balaban J connectivity index is 1.90. The Bertz CT molecular complexity index is 449. The van der Waals surface area contributed by atoms with Crippen molar-refractivity contribution in [3.63, 3.8) is 0 Å². The van der Waals surface area contributed by atoms with E-state index in [4.69, 9.17) is 0 Å². The Morgan fingerprint density at radius 3 is 2.94 bits per heavy atom. The summed E-state index contributed by atoms with van der Waals surface area (Å²) in [6.07, 6.45) is 5.79. The topological polar surface area (TPSA) is 42.7 Å². The van der Waals surface area contributed by atoms with Crippen molar-refractivity contribution in [1.82, 2.24) is 20.1 Å². The second-order valence-corrected chi connectivity index (χ2v) is 4.06. The van der Waals surface area contributed by atoms with Gasteiger partial charge >= 0.3 is 0 Å². The summed E-state index contributed by atoms with van der Waals surface area (Å²) in [5.74, 6) is 0. The van der Waals surface area contributed by atoms with Gasteiger partial charge in [-0.15, -0.1) is 0 Å². The Kier molecular flexibility index (Phi) is 3.88. The summed E-state index contributed by atoms with van der Waals surface area (Å²) < 4.78 is 1.93. The maximum atomic E-state index is 4.33. The second kappa shape index (κ2) is 5.59. The smallest absolute Gasteiger partial charge is 0.0570 e. The normalized spacial score (nSPS) is 12.6. The Hall–Kier alpha value is -1.68. The fourth-order valence-electron chi connectivity index (χ4n) is 1.68. The third-order valence-electron chi connectivity index (χ3n) is 2.75. The van der Waals surface area contributed by atoms with Gasteiger partial charge in [0.1, 0.15) is 0 Å². The van der Waals surface area contributed by atoms with Crippen molar-refractivity contribution in [2.24, 2.45) is 0 Å². The number of rotatable bonds is 5. The number of hydrogen-bond acceptors (Lipinski definition) is 3. The second-order valence-electron chi connectivity index (χ2n) is 4.06. The van der Waals surface area contributed by atoms with E-state index in [9.17, 15) is 0 Å². The molecule has 1 unspecified atom stereocenters. The molecule has 90 valence electrons. The number of hydrogen-bond donors (Lipinski definition) is 1. The molecule has 0 fully saturated rings. The molecule has 1 atom stereocenters. The highest BCUT2D eigenvalue weighted by Gasteiger charge is 2.05. The lowest BCUT2D eigenvalue weighted by Crippen LogP contribution is -2.18. The average Bonchev–Trinajstić information content (AvgIpc) is 2.85. The van der Waals surface area contributed by atoms with Crippen molar-refractivity contribution in [2.75, 3.05) is 0 Å². The van der Waals surface area contributed by atoms with Gasteiger partial charge in [-0.2, -0.15) is 5.10 Å². The minimum absolute atomic E-state index is 0.251. The van der Waals surface area contributed by atoms with Gasteiger partial charge in [-0.05, 0) is 26.0 Å². The number of pyridine rings is 1. The molecule has 0 radical (unpaired) electrons. The molecule has 2 rings (SSSR count). The van der Waals surface area contributed by atoms with Gasteiger partial charge in [0.25, 0.3) is 0 Å². The molecule has 1 N–H and O–H groups in total. The monoisotopic (exact) mass is 230 g/mol. The average molecular weight is 230 g/mol. The maximum Gasteiger partial charge on any atom is 0.0570 e. The number of aryl methyl sites for hydroxylation is 1. The van der Waals surface area contributed by atoms with Gasteiger partial charge in [0.2, 0.25) is 0 Å². The van der Waals surface area contributed by atoms with Gasteiger partial charge in [0.15, 0.2) is 0 Å². The third-order valence-corrected chi connectivity index (χ3v) is 2.75. The predicted octanol–water partition coefficient (Wildman–Crippen LogP) is 2.15. The van der Waals surface area contributed by atoms with Crippen LogP contribution in [-0.4, -0.2) is 14.8 Å². The largest absolute Gasteiger partial charge is 0.305 e. The van der Waals surface area contributed by atoms with Gasteiger partial charge in [-0.1, -0.05) is 6.07 Å². The van der Waals surface area contributed by atoms with E-state index < -0.39 is 0 Å². The van der Waals surface area contributed by atoms with Crippen molar-refractivity contribution in [3.05, 3.63) is 48.0 Å². The quantitative estimate of drug-likeness (QED) is 0.855. The molecule has 4 heteroatoms. The fraction of sp³-hybridized carbons (Fsp3) is 0.385. The summed E-state index contributed by atoms with van der Waals surface area (Å²) in [4.78, 5) is 4.33. The van der Waals surface area contributed by atoms with Crippen LogP contribution in [0.15, 0.2) is 36.8 Å². The SMILES string of the molecule is CCn1cc(CNC(C)c2ccccn2)cn1. The van der Waals surface area contributed by atoms with E-state index in [1.807, 2.05) is 35.3 Å². The summed E-state index contributed by atoms with van der Waals surface area (Å²) in [5, 5.41) is 7.68. The third kappa shape index (κ3) is 3.14. The maximum absolute atomic E-state index is 4.33. The molecule has 17 heavy (non-hydrogen) atoms. The van der Waals surface area contributed by atoms with Gasteiger partial charge in [-0.25, -0.2) is 0 Å². The van der Waals surface area contributed by atoms with E-state index >= 15 is 0 Å². The van der Waals surface area contributed by atoms with Crippen LogP contribution >= 0.6 is 0 Å². The van der Waals surface area contributed by atoms with Crippen LogP contribution < -0.4 is 5.32 Å². The van der Waals surface area contributed by atoms with E-state index in [-0.39, 0.29) is 6.04 Å². The van der Waals surface area contributed by atoms with E-state index in [0.717, 1.165) is 18.8 Å². The minimum Gasteiger partial charge on any atom is -0.305 e. The number of aromatic nitrogens is 3. The first-order valence-electron chi connectivity index (χ1n) is 5.95. The molecule has 2 aromatic heterocycles. The minimum atomic E-state index is 0.251. The van der Waals surface area contributed by atoms with Crippen LogP contribution in [0.1, 0.15) is 31.1 Å². The van der Waals surface area contributed by atoms with Crippen LogP contribution in [-0.2, 0) is 13.1 Å². The molecule has 2 heterocycles. The molecule has 0 aliphatic heterocycles. The molecule has 0 bridgehead atoms. The van der Waals surface area contributed by atoms with Crippen LogP contribution in [0.25, 0.3) is 0 Å². The van der Waals surface area contributed by atoms with Crippen molar-refractivity contribution < 1.29 is 0 Å². The number of nitrogens with zero attached hydrogens (tertiary/aromatic N) is 3. The van der Waals surface area contributed by atoms with E-state index in [0.29, 0.717) is 0 Å². The summed E-state index contributed by atoms with van der Waals surface area (Å²) in [6.45, 7) is 5.93. The van der Waals surface area contributed by atoms with Crippen molar-refractivity contribution in [3.8, 4) is 0 Å². The van der Waals surface area contributed by atoms with Crippen molar-refractivity contribution in [2.45, 2.75) is 33.0 Å². The van der Waals surface area contributed by atoms with Gasteiger partial charge < -0.3 is 5.32 Å². The summed E-state index contributed by atoms with van der Waals surface area (Å²) in [6, 6.07) is 6.23. The van der Waals surface area contributed by atoms with Crippen LogP contribution in [0.5, 0.6) is 0 Å². The first kappa shape index (κ1) is 11.8. The highest BCUT2D eigenvalue weighted by Crippen LogP contribution is 2.09. The summed E-state index contributed by atoms with van der Waals surface area (Å²) >= 11 is 0. The Morgan fingerprint density at radius 1 is 1.41 bits per heavy atom. The zero-order valence-electron chi connectivity index (χ0n) is 10.3. The molecule has 0 aromatic carbocycles. The molecular weight excluding hydrogens is 212 g/mol. The molecule has 0 aliphatic carbocycles. The predicted molar refractivity (Wildman–Crippen MR) is 67.4 cm³/mol. The highest BCUT2D eigenvalue weighted by atomic mass is 15.3. The first-order chi connectivity index (χ1) is 8.29. The first-order valence-corrected chi connectivity index (χ1v) is 5.95. The van der Waals surface area contributed by atoms with E-state index in [2.05, 4.69) is 35.4 Å². The van der Waals surface area contributed by atoms with Crippen molar-refractivity contribution >= 4 is 0 Å².